The number of anilines is 1. The summed E-state index contributed by atoms with van der Waals surface area (Å²) in [5, 5.41) is 0. The Morgan fingerprint density at radius 3 is 2.67 bits per heavy atom. The average molecular weight is 312 g/mol. The third-order valence-corrected chi connectivity index (χ3v) is 3.63. The summed E-state index contributed by atoms with van der Waals surface area (Å²) in [7, 11) is 1.63. The van der Waals surface area contributed by atoms with Gasteiger partial charge in [0, 0.05) is 23.8 Å². The monoisotopic (exact) mass is 311 g/mol. The molecular formula is C12H14BrN3O2. The molecule has 1 aliphatic heterocycles. The van der Waals surface area contributed by atoms with Gasteiger partial charge in [-0.3, -0.25) is 9.59 Å². The number of hydrogen-bond donors (Lipinski definition) is 1. The first-order chi connectivity index (χ1) is 8.47. The fraction of sp³-hybridized carbons (Fsp3) is 0.333. The number of nitrogens with zero attached hydrogens (tertiary/aromatic N) is 2. The molecule has 2 N–H and O–H groups in total. The molecule has 1 aromatic rings. The van der Waals surface area contributed by atoms with Crippen molar-refractivity contribution in [2.45, 2.75) is 6.54 Å². The van der Waals surface area contributed by atoms with Crippen LogP contribution >= 0.6 is 15.9 Å². The SMILES string of the molecule is CN1CC(=O)N(Cc2ccc(Br)c(N)c2)CC1=O. The van der Waals surface area contributed by atoms with Crippen molar-refractivity contribution < 1.29 is 9.59 Å². The second-order valence-corrected chi connectivity index (χ2v) is 5.21. The summed E-state index contributed by atoms with van der Waals surface area (Å²) in [6.45, 7) is 0.687. The van der Waals surface area contributed by atoms with Crippen LogP contribution in [-0.4, -0.2) is 41.8 Å². The summed E-state index contributed by atoms with van der Waals surface area (Å²) in [6.07, 6.45) is 0. The van der Waals surface area contributed by atoms with Crippen molar-refractivity contribution in [2.24, 2.45) is 0 Å². The zero-order chi connectivity index (χ0) is 13.3. The lowest BCUT2D eigenvalue weighted by atomic mass is 10.1. The molecule has 0 radical (unpaired) electrons. The van der Waals surface area contributed by atoms with E-state index in [0.29, 0.717) is 12.2 Å². The quantitative estimate of drug-likeness (QED) is 0.823. The number of carbonyl (C=O) groups excluding carboxylic acids is 2. The Hall–Kier alpha value is -1.56. The first-order valence-corrected chi connectivity index (χ1v) is 6.32. The number of halogens is 1. The van der Waals surface area contributed by atoms with Gasteiger partial charge in [0.1, 0.15) is 6.54 Å². The van der Waals surface area contributed by atoms with Crippen molar-refractivity contribution in [3.05, 3.63) is 28.2 Å². The summed E-state index contributed by atoms with van der Waals surface area (Å²) < 4.78 is 0.826. The van der Waals surface area contributed by atoms with Gasteiger partial charge in [0.15, 0.2) is 0 Å². The first kappa shape index (κ1) is 12.9. The summed E-state index contributed by atoms with van der Waals surface area (Å²) in [5.74, 6) is -0.0849. The lowest BCUT2D eigenvalue weighted by molar-refractivity contribution is -0.149. The van der Waals surface area contributed by atoms with Crippen LogP contribution in [0.3, 0.4) is 0 Å². The van der Waals surface area contributed by atoms with Gasteiger partial charge >= 0.3 is 0 Å². The van der Waals surface area contributed by atoms with E-state index in [1.54, 1.807) is 18.0 Å². The second-order valence-electron chi connectivity index (χ2n) is 4.36. The van der Waals surface area contributed by atoms with E-state index in [2.05, 4.69) is 15.9 Å². The van der Waals surface area contributed by atoms with Crippen LogP contribution in [-0.2, 0) is 16.1 Å². The maximum Gasteiger partial charge on any atom is 0.242 e. The van der Waals surface area contributed by atoms with Crippen LogP contribution in [0.2, 0.25) is 0 Å². The van der Waals surface area contributed by atoms with Gasteiger partial charge in [0.25, 0.3) is 0 Å². The minimum atomic E-state index is -0.0430. The highest BCUT2D eigenvalue weighted by molar-refractivity contribution is 9.10. The van der Waals surface area contributed by atoms with Gasteiger partial charge in [0.2, 0.25) is 11.8 Å². The smallest absolute Gasteiger partial charge is 0.242 e. The first-order valence-electron chi connectivity index (χ1n) is 5.53. The Labute approximate surface area is 114 Å². The minimum absolute atomic E-state index is 0.0420. The Morgan fingerprint density at radius 1 is 1.28 bits per heavy atom. The van der Waals surface area contributed by atoms with E-state index in [4.69, 9.17) is 5.73 Å². The molecule has 2 amide bonds. The number of amides is 2. The van der Waals surface area contributed by atoms with Gasteiger partial charge in [-0.25, -0.2) is 0 Å². The van der Waals surface area contributed by atoms with E-state index in [1.165, 1.54) is 4.90 Å². The molecular weight excluding hydrogens is 298 g/mol. The van der Waals surface area contributed by atoms with Crippen molar-refractivity contribution in [3.8, 4) is 0 Å². The average Bonchev–Trinajstić information content (AvgIpc) is 2.31. The predicted molar refractivity (Wildman–Crippen MR) is 71.6 cm³/mol. The summed E-state index contributed by atoms with van der Waals surface area (Å²) in [5.41, 5.74) is 7.33. The normalized spacial score (nSPS) is 16.3. The van der Waals surface area contributed by atoms with Crippen molar-refractivity contribution in [1.82, 2.24) is 9.80 Å². The van der Waals surface area contributed by atoms with Crippen molar-refractivity contribution in [1.29, 1.82) is 0 Å². The zero-order valence-electron chi connectivity index (χ0n) is 10.0. The molecule has 0 unspecified atom stereocenters. The van der Waals surface area contributed by atoms with E-state index < -0.39 is 0 Å². The molecule has 1 aliphatic rings. The van der Waals surface area contributed by atoms with Gasteiger partial charge in [0.05, 0.1) is 6.54 Å². The van der Waals surface area contributed by atoms with Gasteiger partial charge in [-0.05, 0) is 33.6 Å². The number of rotatable bonds is 2. The molecule has 0 saturated carbocycles. The highest BCUT2D eigenvalue weighted by Crippen LogP contribution is 2.21. The molecule has 18 heavy (non-hydrogen) atoms. The number of piperazine rings is 1. The van der Waals surface area contributed by atoms with Gasteiger partial charge in [-0.2, -0.15) is 0 Å². The molecule has 96 valence electrons. The third kappa shape index (κ3) is 2.64. The molecule has 0 bridgehead atoms. The molecule has 2 rings (SSSR count). The van der Waals surface area contributed by atoms with Crippen molar-refractivity contribution in [3.63, 3.8) is 0 Å². The molecule has 0 aromatic heterocycles. The number of nitrogens with two attached hydrogens (primary N) is 1. The van der Waals surface area contributed by atoms with E-state index >= 15 is 0 Å². The third-order valence-electron chi connectivity index (χ3n) is 2.91. The number of hydrogen-bond acceptors (Lipinski definition) is 3. The molecule has 5 nitrogen and oxygen atoms in total. The number of likely N-dealkylation sites (N-methyl/N-ethyl adjacent to an activating group) is 1. The standard InChI is InChI=1S/C12H14BrN3O2/c1-15-6-12(18)16(7-11(15)17)5-8-2-3-9(13)10(14)4-8/h2-4H,5-7,14H2,1H3. The molecule has 0 aliphatic carbocycles. The predicted octanol–water partition coefficient (Wildman–Crippen LogP) is 0.832. The Kier molecular flexibility index (Phi) is 3.56. The lowest BCUT2D eigenvalue weighted by Gasteiger charge is -2.31. The van der Waals surface area contributed by atoms with Crippen LogP contribution < -0.4 is 5.73 Å². The van der Waals surface area contributed by atoms with Crippen LogP contribution in [0.1, 0.15) is 5.56 Å². The summed E-state index contributed by atoms with van der Waals surface area (Å²) in [6, 6.07) is 5.53. The van der Waals surface area contributed by atoms with E-state index in [9.17, 15) is 9.59 Å². The molecule has 1 aromatic carbocycles. The Bertz CT molecular complexity index is 504. The number of nitrogen functional groups attached to an aromatic ring is 1. The van der Waals surface area contributed by atoms with Crippen LogP contribution in [0.4, 0.5) is 5.69 Å². The number of benzene rings is 1. The molecule has 6 heteroatoms. The topological polar surface area (TPSA) is 66.6 Å². The maximum atomic E-state index is 11.8. The molecule has 1 heterocycles. The van der Waals surface area contributed by atoms with E-state index in [1.807, 2.05) is 12.1 Å². The maximum absolute atomic E-state index is 11.8. The van der Waals surface area contributed by atoms with Gasteiger partial charge in [-0.1, -0.05) is 6.07 Å². The van der Waals surface area contributed by atoms with E-state index in [-0.39, 0.29) is 24.9 Å². The second kappa shape index (κ2) is 4.97. The van der Waals surface area contributed by atoms with Gasteiger partial charge < -0.3 is 15.5 Å². The van der Waals surface area contributed by atoms with Crippen LogP contribution in [0.15, 0.2) is 22.7 Å². The Morgan fingerprint density at radius 2 is 2.00 bits per heavy atom. The van der Waals surface area contributed by atoms with Crippen LogP contribution in [0, 0.1) is 0 Å². The fourth-order valence-corrected chi connectivity index (χ4v) is 2.07. The number of carbonyl (C=O) groups is 2. The van der Waals surface area contributed by atoms with Crippen molar-refractivity contribution >= 4 is 33.4 Å². The van der Waals surface area contributed by atoms with Crippen molar-refractivity contribution in [2.75, 3.05) is 25.9 Å². The molecule has 1 saturated heterocycles. The van der Waals surface area contributed by atoms with E-state index in [0.717, 1.165) is 10.0 Å². The fourth-order valence-electron chi connectivity index (χ4n) is 1.82. The highest BCUT2D eigenvalue weighted by atomic mass is 79.9. The lowest BCUT2D eigenvalue weighted by Crippen LogP contribution is -2.51. The zero-order valence-corrected chi connectivity index (χ0v) is 11.6. The Balaban J connectivity index is 2.11. The summed E-state index contributed by atoms with van der Waals surface area (Å²) in [4.78, 5) is 26.3. The summed E-state index contributed by atoms with van der Waals surface area (Å²) >= 11 is 3.32. The van der Waals surface area contributed by atoms with Crippen LogP contribution in [0.5, 0.6) is 0 Å². The van der Waals surface area contributed by atoms with Crippen LogP contribution in [0.25, 0.3) is 0 Å². The molecule has 0 spiro atoms. The minimum Gasteiger partial charge on any atom is -0.398 e. The van der Waals surface area contributed by atoms with Gasteiger partial charge in [-0.15, -0.1) is 0 Å². The largest absolute Gasteiger partial charge is 0.398 e. The highest BCUT2D eigenvalue weighted by Gasteiger charge is 2.27. The molecule has 1 fully saturated rings. The molecule has 0 atom stereocenters.